The van der Waals surface area contributed by atoms with Gasteiger partial charge in [-0.1, -0.05) is 244 Å². The summed E-state index contributed by atoms with van der Waals surface area (Å²) in [6, 6.07) is 0. The van der Waals surface area contributed by atoms with Crippen LogP contribution in [0.1, 0.15) is 252 Å². The Balaban J connectivity index is 4.65. The lowest BCUT2D eigenvalue weighted by Gasteiger charge is -2.21. The van der Waals surface area contributed by atoms with Crippen molar-refractivity contribution in [1.29, 1.82) is 0 Å². The summed E-state index contributed by atoms with van der Waals surface area (Å²) >= 11 is 0. The lowest BCUT2D eigenvalue weighted by molar-refractivity contribution is -0.161. The van der Waals surface area contributed by atoms with Crippen molar-refractivity contribution in [2.24, 2.45) is 0 Å². The number of aliphatic hydroxyl groups is 2. The van der Waals surface area contributed by atoms with Gasteiger partial charge < -0.3 is 34.2 Å². The minimum atomic E-state index is -4.94. The molecule has 4 N–H and O–H groups in total. The number of hydrogen-bond donors (Lipinski definition) is 4. The van der Waals surface area contributed by atoms with Crippen molar-refractivity contribution in [3.05, 3.63) is 146 Å². The van der Waals surface area contributed by atoms with E-state index in [9.17, 15) is 43.5 Å². The maximum absolute atomic E-state index is 12.9. The molecule has 0 aromatic carbocycles. The topological polar surface area (TPSA) is 231 Å². The number of allylic oxidation sites excluding steroid dienone is 24. The molecule has 0 saturated carbocycles. The lowest BCUT2D eigenvalue weighted by atomic mass is 10.1. The predicted molar refractivity (Wildman–Crippen MR) is 380 cm³/mol. The molecule has 0 aliphatic carbocycles. The van der Waals surface area contributed by atoms with Crippen LogP contribution >= 0.6 is 15.6 Å². The summed E-state index contributed by atoms with van der Waals surface area (Å²) in [5.74, 6) is -1.63. The zero-order valence-electron chi connectivity index (χ0n) is 57.4. The van der Waals surface area contributed by atoms with E-state index in [2.05, 4.69) is 167 Å². The molecule has 0 saturated heterocycles. The molecule has 5 unspecified atom stereocenters. The average molecular weight is 1340 g/mol. The lowest BCUT2D eigenvalue weighted by Crippen LogP contribution is -2.30. The monoisotopic (exact) mass is 1340 g/mol. The molecular weight excluding hydrogens is 1220 g/mol. The Morgan fingerprint density at radius 1 is 0.312 bits per heavy atom. The van der Waals surface area contributed by atoms with Crippen molar-refractivity contribution >= 4 is 33.6 Å². The van der Waals surface area contributed by atoms with Crippen LogP contribution in [0.5, 0.6) is 0 Å². The number of aliphatic hydroxyl groups excluding tert-OH is 2. The second-order valence-corrected chi connectivity index (χ2v) is 25.8. The quantitative estimate of drug-likeness (QED) is 0.0146. The SMILES string of the molecule is CC/C=C\C/C=C\C/C=C\C/C=C\C/C=C\CCCCCCCCCC(=O)OCC(O)COP(=O)(O)OCC(O)COP(=O)(O)OCC(COC(=O)CCCCCCC/C=C\C/C=C\C/C=C\C/C=C\C/C=C\CC)OC(=O)CCCCCCC/C=C\C/C=C\CCC. The second-order valence-electron chi connectivity index (χ2n) is 22.9. The van der Waals surface area contributed by atoms with E-state index in [-0.39, 0.29) is 19.3 Å². The molecule has 0 aliphatic heterocycles. The number of carbonyl (C=O) groups excluding carboxylic acids is 3. The number of carbonyl (C=O) groups is 3. The number of rotatable bonds is 65. The van der Waals surface area contributed by atoms with Crippen LogP contribution in [0.2, 0.25) is 0 Å². The molecule has 0 spiro atoms. The smallest absolute Gasteiger partial charge is 0.463 e. The summed E-state index contributed by atoms with van der Waals surface area (Å²) in [5.41, 5.74) is 0. The third kappa shape index (κ3) is 68.6. The van der Waals surface area contributed by atoms with Gasteiger partial charge in [0.15, 0.2) is 6.10 Å². The molecule has 0 radical (unpaired) electrons. The first-order valence-corrected chi connectivity index (χ1v) is 38.1. The molecule has 0 aromatic rings. The van der Waals surface area contributed by atoms with Gasteiger partial charge in [0.25, 0.3) is 0 Å². The Hall–Kier alpha value is -4.57. The van der Waals surface area contributed by atoms with Gasteiger partial charge in [-0.25, -0.2) is 9.13 Å². The molecule has 0 fully saturated rings. The van der Waals surface area contributed by atoms with Crippen molar-refractivity contribution in [2.45, 2.75) is 270 Å². The molecule has 0 heterocycles. The van der Waals surface area contributed by atoms with Crippen LogP contribution < -0.4 is 0 Å². The van der Waals surface area contributed by atoms with Gasteiger partial charge in [0.05, 0.1) is 26.4 Å². The highest BCUT2D eigenvalue weighted by molar-refractivity contribution is 7.47. The van der Waals surface area contributed by atoms with Crippen LogP contribution in [0.25, 0.3) is 0 Å². The molecule has 0 amide bonds. The second kappa shape index (κ2) is 67.4. The summed E-state index contributed by atoms with van der Waals surface area (Å²) in [6.07, 6.45) is 80.4. The van der Waals surface area contributed by atoms with E-state index < -0.39 is 91.5 Å². The first-order valence-electron chi connectivity index (χ1n) is 35.1. The van der Waals surface area contributed by atoms with Gasteiger partial charge in [0.1, 0.15) is 25.4 Å². The van der Waals surface area contributed by atoms with Crippen molar-refractivity contribution in [3.8, 4) is 0 Å². The Labute approximate surface area is 562 Å². The van der Waals surface area contributed by atoms with Gasteiger partial charge >= 0.3 is 33.6 Å². The molecule has 18 heteroatoms. The Morgan fingerprint density at radius 2 is 0.570 bits per heavy atom. The fourth-order valence-corrected chi connectivity index (χ4v) is 10.3. The minimum absolute atomic E-state index is 0.0788. The highest BCUT2D eigenvalue weighted by Crippen LogP contribution is 2.45. The Morgan fingerprint density at radius 3 is 0.903 bits per heavy atom. The van der Waals surface area contributed by atoms with Gasteiger partial charge in [-0.2, -0.15) is 0 Å². The van der Waals surface area contributed by atoms with Crippen LogP contribution in [0, 0.1) is 0 Å². The standard InChI is InChI=1S/C75H124O16P2/c1-4-7-10-13-16-19-22-25-27-29-31-33-34-36-38-39-41-44-46-49-52-55-58-61-73(78)85-64-70(76)65-87-92(81,82)88-66-71(77)67-89-93(83,84)90-69-72(91-75(80)63-60-57-54-51-48-43-24-21-18-15-12-9-6-3)68-86-74(79)62-59-56-53-50-47-45-42-40-37-35-32-30-28-26-23-20-17-14-11-8-5-2/h7-8,10-12,15-17,19-21,24-28,31-33,35-36,38,40,42,70-72,76-77H,4-6,9,13-14,18,22-23,29-30,34,37,39,41,43-69H2,1-3H3,(H,81,82)(H,83,84)/b10-7-,11-8-,15-12-,19-16-,20-17-,24-21-,27-25-,28-26-,33-31-,35-32-,38-36-,42-40-. The van der Waals surface area contributed by atoms with Crippen molar-refractivity contribution in [2.75, 3.05) is 39.6 Å². The van der Waals surface area contributed by atoms with E-state index in [0.717, 1.165) is 193 Å². The van der Waals surface area contributed by atoms with E-state index in [1.807, 2.05) is 0 Å². The molecule has 0 bridgehead atoms. The summed E-state index contributed by atoms with van der Waals surface area (Å²) < 4.78 is 60.9. The molecule has 93 heavy (non-hydrogen) atoms. The maximum Gasteiger partial charge on any atom is 0.472 e. The van der Waals surface area contributed by atoms with E-state index in [1.54, 1.807) is 0 Å². The minimum Gasteiger partial charge on any atom is -0.463 e. The summed E-state index contributed by atoms with van der Waals surface area (Å²) in [5, 5.41) is 20.6. The molecule has 530 valence electrons. The largest absolute Gasteiger partial charge is 0.472 e. The van der Waals surface area contributed by atoms with Crippen molar-refractivity contribution in [1.82, 2.24) is 0 Å². The number of phosphoric ester groups is 2. The first kappa shape index (κ1) is 88.4. The normalized spacial score (nSPS) is 15.0. The molecule has 0 aliphatic rings. The van der Waals surface area contributed by atoms with Gasteiger partial charge in [-0.05, 0) is 135 Å². The average Bonchev–Trinajstić information content (AvgIpc) is 3.75. The van der Waals surface area contributed by atoms with Gasteiger partial charge in [0, 0.05) is 19.3 Å². The first-order chi connectivity index (χ1) is 45.2. The van der Waals surface area contributed by atoms with E-state index in [4.69, 9.17) is 32.3 Å². The van der Waals surface area contributed by atoms with Crippen LogP contribution in [-0.4, -0.2) is 95.9 Å². The summed E-state index contributed by atoms with van der Waals surface area (Å²) in [7, 11) is -9.80. The van der Waals surface area contributed by atoms with E-state index in [1.165, 1.54) is 0 Å². The van der Waals surface area contributed by atoms with Crippen LogP contribution in [0.3, 0.4) is 0 Å². The van der Waals surface area contributed by atoms with Crippen molar-refractivity contribution in [3.63, 3.8) is 0 Å². The van der Waals surface area contributed by atoms with Gasteiger partial charge in [-0.15, -0.1) is 0 Å². The third-order valence-electron chi connectivity index (χ3n) is 14.0. The van der Waals surface area contributed by atoms with E-state index >= 15 is 0 Å². The highest BCUT2D eigenvalue weighted by Gasteiger charge is 2.29. The summed E-state index contributed by atoms with van der Waals surface area (Å²) in [4.78, 5) is 58.4. The third-order valence-corrected chi connectivity index (χ3v) is 15.9. The molecule has 16 nitrogen and oxygen atoms in total. The van der Waals surface area contributed by atoms with Gasteiger partial charge in [0.2, 0.25) is 0 Å². The number of ether oxygens (including phenoxy) is 3. The molecule has 5 atom stereocenters. The number of hydrogen-bond acceptors (Lipinski definition) is 14. The van der Waals surface area contributed by atoms with Crippen LogP contribution in [-0.2, 0) is 55.8 Å². The van der Waals surface area contributed by atoms with Gasteiger partial charge in [-0.3, -0.25) is 32.5 Å². The Bertz CT molecular complexity index is 2280. The maximum atomic E-state index is 12.9. The zero-order valence-corrected chi connectivity index (χ0v) is 59.2. The summed E-state index contributed by atoms with van der Waals surface area (Å²) in [6.45, 7) is 2.30. The predicted octanol–water partition coefficient (Wildman–Crippen LogP) is 19.8. The van der Waals surface area contributed by atoms with Crippen molar-refractivity contribution < 1.29 is 75.8 Å². The molecule has 0 aromatic heterocycles. The number of esters is 3. The van der Waals surface area contributed by atoms with Crippen LogP contribution in [0.15, 0.2) is 146 Å². The van der Waals surface area contributed by atoms with E-state index in [0.29, 0.717) is 19.3 Å². The molecule has 0 rings (SSSR count). The zero-order chi connectivity index (χ0) is 68.1. The number of phosphoric acid groups is 2. The van der Waals surface area contributed by atoms with Crippen LogP contribution in [0.4, 0.5) is 0 Å². The number of unbranched alkanes of at least 4 members (excludes halogenated alkanes) is 18. The highest BCUT2D eigenvalue weighted by atomic mass is 31.2. The fourth-order valence-electron chi connectivity index (χ4n) is 8.72. The Kier molecular flexibility index (Phi) is 64.1. The molecular formula is C75H124O16P2. The fraction of sp³-hybridized carbons (Fsp3) is 0.640.